The second-order valence-electron chi connectivity index (χ2n) is 5.20. The molecule has 4 rings (SSSR count). The molecule has 1 atom stereocenters. The Balaban J connectivity index is 1.91. The largest absolute Gasteiger partial charge is 0.456 e. The minimum Gasteiger partial charge on any atom is -0.456 e. The zero-order chi connectivity index (χ0) is 13.5. The van der Waals surface area contributed by atoms with E-state index in [1.54, 1.807) is 0 Å². The molecule has 2 nitrogen and oxygen atoms in total. The number of nitrogens with one attached hydrogen (secondary N) is 1. The lowest BCUT2D eigenvalue weighted by Gasteiger charge is -2.15. The number of para-hydroxylation sites is 1. The summed E-state index contributed by atoms with van der Waals surface area (Å²) in [6.45, 7) is 2.09. The molecule has 0 aliphatic carbocycles. The predicted molar refractivity (Wildman–Crippen MR) is 82.6 cm³/mol. The summed E-state index contributed by atoms with van der Waals surface area (Å²) in [5.74, 6) is 0. The van der Waals surface area contributed by atoms with Crippen molar-refractivity contribution in [3.05, 3.63) is 72.0 Å². The topological polar surface area (TPSA) is 25.2 Å². The van der Waals surface area contributed by atoms with Crippen LogP contribution in [0.25, 0.3) is 21.9 Å². The molecule has 20 heavy (non-hydrogen) atoms. The van der Waals surface area contributed by atoms with Gasteiger partial charge in [0.05, 0.1) is 6.04 Å². The van der Waals surface area contributed by atoms with Crippen LogP contribution >= 0.6 is 0 Å². The van der Waals surface area contributed by atoms with E-state index >= 15 is 0 Å². The van der Waals surface area contributed by atoms with Crippen LogP contribution in [-0.2, 0) is 0 Å². The number of fused-ring (bicyclic) bond motifs is 3. The van der Waals surface area contributed by atoms with Crippen molar-refractivity contribution >= 4 is 21.9 Å². The molecule has 3 aromatic rings. The average Bonchev–Trinajstić information content (AvgIpc) is 2.87. The Morgan fingerprint density at radius 2 is 2.00 bits per heavy atom. The van der Waals surface area contributed by atoms with Gasteiger partial charge in [-0.1, -0.05) is 42.5 Å². The monoisotopic (exact) mass is 261 g/mol. The van der Waals surface area contributed by atoms with Gasteiger partial charge in [0.25, 0.3) is 0 Å². The summed E-state index contributed by atoms with van der Waals surface area (Å²) in [6, 6.07) is 13.0. The molecule has 2 heteroatoms. The van der Waals surface area contributed by atoms with Crippen molar-refractivity contribution in [2.75, 3.05) is 0 Å². The van der Waals surface area contributed by atoms with Gasteiger partial charge in [-0.05, 0) is 36.4 Å². The van der Waals surface area contributed by atoms with Crippen LogP contribution in [-0.4, -0.2) is 0 Å². The second kappa shape index (κ2) is 4.27. The SMILES string of the molecule is Cc1cccc2c1oc1cc(C3C=CC=CN3)ccc12. The van der Waals surface area contributed by atoms with Gasteiger partial charge in [-0.3, -0.25) is 0 Å². The minimum absolute atomic E-state index is 0.221. The van der Waals surface area contributed by atoms with E-state index in [0.717, 1.165) is 11.2 Å². The Kier molecular flexibility index (Phi) is 2.43. The number of rotatable bonds is 1. The molecule has 98 valence electrons. The van der Waals surface area contributed by atoms with Crippen molar-refractivity contribution in [3.63, 3.8) is 0 Å². The van der Waals surface area contributed by atoms with E-state index in [4.69, 9.17) is 4.42 Å². The first kappa shape index (κ1) is 11.4. The van der Waals surface area contributed by atoms with Gasteiger partial charge in [0.15, 0.2) is 0 Å². The quantitative estimate of drug-likeness (QED) is 0.692. The van der Waals surface area contributed by atoms with Gasteiger partial charge in [0, 0.05) is 10.8 Å². The first-order chi connectivity index (χ1) is 9.83. The van der Waals surface area contributed by atoms with Crippen molar-refractivity contribution in [1.29, 1.82) is 0 Å². The van der Waals surface area contributed by atoms with Gasteiger partial charge in [-0.25, -0.2) is 0 Å². The van der Waals surface area contributed by atoms with E-state index in [0.29, 0.717) is 0 Å². The molecule has 0 bridgehead atoms. The highest BCUT2D eigenvalue weighted by Gasteiger charge is 2.12. The van der Waals surface area contributed by atoms with Gasteiger partial charge in [-0.15, -0.1) is 0 Å². The van der Waals surface area contributed by atoms with Crippen molar-refractivity contribution in [2.45, 2.75) is 13.0 Å². The zero-order valence-electron chi connectivity index (χ0n) is 11.3. The van der Waals surface area contributed by atoms with E-state index < -0.39 is 0 Å². The number of aryl methyl sites for hydroxylation is 1. The maximum Gasteiger partial charge on any atom is 0.138 e. The third-order valence-electron chi connectivity index (χ3n) is 3.87. The first-order valence-electron chi connectivity index (χ1n) is 6.84. The van der Waals surface area contributed by atoms with Crippen LogP contribution in [0, 0.1) is 6.92 Å². The van der Waals surface area contributed by atoms with Crippen LogP contribution in [0.15, 0.2) is 65.2 Å². The molecule has 0 saturated heterocycles. The van der Waals surface area contributed by atoms with E-state index in [9.17, 15) is 0 Å². The van der Waals surface area contributed by atoms with Crippen LogP contribution in [0.5, 0.6) is 0 Å². The van der Waals surface area contributed by atoms with E-state index in [-0.39, 0.29) is 6.04 Å². The van der Waals surface area contributed by atoms with Crippen LogP contribution in [0.3, 0.4) is 0 Å². The summed E-state index contributed by atoms with van der Waals surface area (Å²) >= 11 is 0. The van der Waals surface area contributed by atoms with Gasteiger partial charge < -0.3 is 9.73 Å². The van der Waals surface area contributed by atoms with Crippen LogP contribution in [0.1, 0.15) is 17.2 Å². The maximum atomic E-state index is 6.04. The smallest absolute Gasteiger partial charge is 0.138 e. The molecule has 1 aliphatic heterocycles. The normalized spacial score (nSPS) is 17.8. The van der Waals surface area contributed by atoms with Crippen LogP contribution in [0.2, 0.25) is 0 Å². The van der Waals surface area contributed by atoms with Crippen LogP contribution in [0.4, 0.5) is 0 Å². The minimum atomic E-state index is 0.221. The lowest BCUT2D eigenvalue weighted by atomic mass is 10.0. The Hall–Kier alpha value is -2.48. The van der Waals surface area contributed by atoms with E-state index in [1.807, 2.05) is 12.3 Å². The Morgan fingerprint density at radius 1 is 1.05 bits per heavy atom. The number of hydrogen-bond donors (Lipinski definition) is 1. The molecular formula is C18H15NO. The molecule has 0 amide bonds. The van der Waals surface area contributed by atoms with Gasteiger partial charge in [0.2, 0.25) is 0 Å². The third kappa shape index (κ3) is 1.65. The first-order valence-corrected chi connectivity index (χ1v) is 6.84. The average molecular weight is 261 g/mol. The molecule has 2 heterocycles. The summed E-state index contributed by atoms with van der Waals surface area (Å²) in [6.07, 6.45) is 8.18. The summed E-state index contributed by atoms with van der Waals surface area (Å²) in [5.41, 5.74) is 4.34. The molecule has 1 aliphatic rings. The fourth-order valence-corrected chi connectivity index (χ4v) is 2.80. The fraction of sp³-hybridized carbons (Fsp3) is 0.111. The molecule has 1 N–H and O–H groups in total. The van der Waals surface area contributed by atoms with E-state index in [1.165, 1.54) is 21.9 Å². The maximum absolute atomic E-state index is 6.04. The second-order valence-corrected chi connectivity index (χ2v) is 5.20. The molecule has 0 saturated carbocycles. The number of hydrogen-bond acceptors (Lipinski definition) is 2. The molecule has 0 fully saturated rings. The Bertz CT molecular complexity index is 854. The van der Waals surface area contributed by atoms with Crippen molar-refractivity contribution < 1.29 is 4.42 Å². The molecule has 0 spiro atoms. The molecule has 1 aromatic heterocycles. The number of allylic oxidation sites excluding steroid dienone is 2. The van der Waals surface area contributed by atoms with Gasteiger partial charge in [-0.2, -0.15) is 0 Å². The highest BCUT2D eigenvalue weighted by molar-refractivity contribution is 6.05. The summed E-state index contributed by atoms with van der Waals surface area (Å²) < 4.78 is 6.04. The van der Waals surface area contributed by atoms with E-state index in [2.05, 4.69) is 60.8 Å². The summed E-state index contributed by atoms with van der Waals surface area (Å²) in [4.78, 5) is 0. The molecule has 2 aromatic carbocycles. The Labute approximate surface area is 117 Å². The highest BCUT2D eigenvalue weighted by atomic mass is 16.3. The molecular weight excluding hydrogens is 246 g/mol. The molecule has 0 radical (unpaired) electrons. The number of benzene rings is 2. The van der Waals surface area contributed by atoms with Crippen molar-refractivity contribution in [1.82, 2.24) is 5.32 Å². The lowest BCUT2D eigenvalue weighted by molar-refractivity contribution is 0.662. The standard InChI is InChI=1S/C18H15NO/c1-12-5-4-6-15-14-9-8-13(11-17(14)20-18(12)15)16-7-2-3-10-19-16/h2-11,16,19H,1H3. The van der Waals surface area contributed by atoms with Gasteiger partial charge in [0.1, 0.15) is 11.2 Å². The van der Waals surface area contributed by atoms with Crippen LogP contribution < -0.4 is 5.32 Å². The zero-order valence-corrected chi connectivity index (χ0v) is 11.3. The van der Waals surface area contributed by atoms with Crippen molar-refractivity contribution in [3.8, 4) is 0 Å². The molecule has 1 unspecified atom stereocenters. The lowest BCUT2D eigenvalue weighted by Crippen LogP contribution is -2.14. The number of dihydropyridines is 1. The highest BCUT2D eigenvalue weighted by Crippen LogP contribution is 2.32. The number of furan rings is 1. The van der Waals surface area contributed by atoms with Crippen molar-refractivity contribution in [2.24, 2.45) is 0 Å². The third-order valence-corrected chi connectivity index (χ3v) is 3.87. The Morgan fingerprint density at radius 3 is 2.85 bits per heavy atom. The van der Waals surface area contributed by atoms with Gasteiger partial charge >= 0.3 is 0 Å². The fourth-order valence-electron chi connectivity index (χ4n) is 2.80. The summed E-state index contributed by atoms with van der Waals surface area (Å²) in [7, 11) is 0. The predicted octanol–water partition coefficient (Wildman–Crippen LogP) is 4.61. The summed E-state index contributed by atoms with van der Waals surface area (Å²) in [5, 5.41) is 5.71.